The number of thiazole rings is 1. The second kappa shape index (κ2) is 10.5. The number of pyridine rings is 1. The van der Waals surface area contributed by atoms with Gasteiger partial charge in [0.25, 0.3) is 5.79 Å². The molecule has 7 nitrogen and oxygen atoms in total. The number of hydrogen-bond donors (Lipinski definition) is 1. The van der Waals surface area contributed by atoms with Gasteiger partial charge in [0.15, 0.2) is 11.5 Å². The standard InChI is InChI=1S/C30H27ClFN3O4S/c1-17-12-19(28-34-15-26(40-28)29(36)37)14-33-24(17)16-35-10-8-18(9-11-35)21-4-3-5-25-27(21)39-30(2,38-25)22-7-6-20(31)13-23(22)32/h3-7,12-15,18H,8-11,16H2,1-2H3,(H,36,37)/t30-/m0/s1. The Morgan fingerprint density at radius 2 is 1.98 bits per heavy atom. The molecule has 0 bridgehead atoms. The van der Waals surface area contributed by atoms with Crippen molar-refractivity contribution >= 4 is 28.9 Å². The number of carboxylic acids is 1. The summed E-state index contributed by atoms with van der Waals surface area (Å²) >= 11 is 7.10. The first-order valence-corrected chi connectivity index (χ1v) is 14.2. The summed E-state index contributed by atoms with van der Waals surface area (Å²) in [6.45, 7) is 6.28. The van der Waals surface area contributed by atoms with Crippen LogP contribution in [0.5, 0.6) is 11.5 Å². The van der Waals surface area contributed by atoms with Gasteiger partial charge in [0.2, 0.25) is 0 Å². The fraction of sp³-hybridized carbons (Fsp3) is 0.300. The second-order valence-electron chi connectivity index (χ2n) is 10.3. The summed E-state index contributed by atoms with van der Waals surface area (Å²) in [5.41, 5.74) is 4.25. The molecule has 0 amide bonds. The largest absolute Gasteiger partial charge is 0.477 e. The number of piperidine rings is 1. The van der Waals surface area contributed by atoms with E-state index in [1.165, 1.54) is 12.3 Å². The highest BCUT2D eigenvalue weighted by Crippen LogP contribution is 2.49. The fourth-order valence-electron chi connectivity index (χ4n) is 5.44. The summed E-state index contributed by atoms with van der Waals surface area (Å²) < 4.78 is 27.2. The molecule has 2 aromatic carbocycles. The first kappa shape index (κ1) is 26.7. The highest BCUT2D eigenvalue weighted by Gasteiger charge is 2.43. The van der Waals surface area contributed by atoms with E-state index in [1.54, 1.807) is 25.3 Å². The van der Waals surface area contributed by atoms with Crippen molar-refractivity contribution < 1.29 is 23.8 Å². The Morgan fingerprint density at radius 1 is 1.18 bits per heavy atom. The molecule has 2 aliphatic rings. The Hall–Kier alpha value is -3.53. The van der Waals surface area contributed by atoms with E-state index in [4.69, 9.17) is 21.1 Å². The molecule has 0 aliphatic carbocycles. The number of rotatable bonds is 6. The molecule has 2 aromatic heterocycles. The van der Waals surface area contributed by atoms with Crippen LogP contribution in [0.2, 0.25) is 5.02 Å². The zero-order valence-corrected chi connectivity index (χ0v) is 23.6. The molecule has 1 saturated heterocycles. The molecule has 0 spiro atoms. The monoisotopic (exact) mass is 579 g/mol. The van der Waals surface area contributed by atoms with Crippen molar-refractivity contribution in [3.05, 3.63) is 93.0 Å². The maximum Gasteiger partial charge on any atom is 0.347 e. The number of aryl methyl sites for hydroxylation is 1. The quantitative estimate of drug-likeness (QED) is 0.262. The molecule has 1 N–H and O–H groups in total. The highest BCUT2D eigenvalue weighted by atomic mass is 35.5. The SMILES string of the molecule is Cc1cc(-c2ncc(C(=O)O)s2)cnc1CN1CCC(c2cccc3c2O[C@@](C)(c2ccc(Cl)cc2F)O3)CC1. The Kier molecular flexibility index (Phi) is 6.98. The van der Waals surface area contributed by atoms with Gasteiger partial charge in [-0.2, -0.15) is 0 Å². The lowest BCUT2D eigenvalue weighted by molar-refractivity contribution is -0.0712. The van der Waals surface area contributed by atoms with Crippen LogP contribution in [0.1, 0.15) is 57.7 Å². The predicted molar refractivity (Wildman–Crippen MR) is 151 cm³/mol. The predicted octanol–water partition coefficient (Wildman–Crippen LogP) is 7.03. The van der Waals surface area contributed by atoms with Crippen LogP contribution in [0.3, 0.4) is 0 Å². The average Bonchev–Trinajstić information content (AvgIpc) is 3.55. The first-order chi connectivity index (χ1) is 19.2. The molecule has 2 aliphatic heterocycles. The number of aromatic nitrogens is 2. The minimum atomic E-state index is -1.27. The first-order valence-electron chi connectivity index (χ1n) is 13.0. The van der Waals surface area contributed by atoms with Crippen LogP contribution in [0, 0.1) is 12.7 Å². The van der Waals surface area contributed by atoms with Crippen molar-refractivity contribution in [3.8, 4) is 22.1 Å². The number of nitrogens with zero attached hydrogens (tertiary/aromatic N) is 3. The van der Waals surface area contributed by atoms with E-state index in [1.807, 2.05) is 25.1 Å². The Balaban J connectivity index is 1.12. The Bertz CT molecular complexity index is 1600. The third-order valence-electron chi connectivity index (χ3n) is 7.58. The lowest BCUT2D eigenvalue weighted by Crippen LogP contribution is -2.34. The van der Waals surface area contributed by atoms with Crippen LogP contribution in [-0.2, 0) is 12.3 Å². The van der Waals surface area contributed by atoms with E-state index in [0.29, 0.717) is 27.1 Å². The van der Waals surface area contributed by atoms with Gasteiger partial charge in [0.05, 0.1) is 17.5 Å². The van der Waals surface area contributed by atoms with Crippen LogP contribution in [0.25, 0.3) is 10.6 Å². The summed E-state index contributed by atoms with van der Waals surface area (Å²) in [5.74, 6) is -1.12. The third kappa shape index (κ3) is 5.05. The van der Waals surface area contributed by atoms with E-state index in [-0.39, 0.29) is 10.8 Å². The number of carboxylic acid groups (broad SMARTS) is 1. The summed E-state index contributed by atoms with van der Waals surface area (Å²) in [6.07, 6.45) is 5.04. The van der Waals surface area contributed by atoms with Crippen molar-refractivity contribution in [1.29, 1.82) is 0 Å². The Labute approximate surface area is 240 Å². The number of likely N-dealkylation sites (tertiary alicyclic amines) is 1. The number of aromatic carboxylic acids is 1. The van der Waals surface area contributed by atoms with Crippen molar-refractivity contribution in [2.75, 3.05) is 13.1 Å². The molecular weight excluding hydrogens is 553 g/mol. The number of para-hydroxylation sites is 1. The molecule has 1 fully saturated rings. The van der Waals surface area contributed by atoms with E-state index >= 15 is 0 Å². The average molecular weight is 580 g/mol. The van der Waals surface area contributed by atoms with Crippen LogP contribution >= 0.6 is 22.9 Å². The number of hydrogen-bond acceptors (Lipinski definition) is 7. The number of carbonyl (C=O) groups is 1. The number of benzene rings is 2. The lowest BCUT2D eigenvalue weighted by Gasteiger charge is -2.32. The van der Waals surface area contributed by atoms with Gasteiger partial charge < -0.3 is 14.6 Å². The van der Waals surface area contributed by atoms with Crippen molar-refractivity contribution in [1.82, 2.24) is 14.9 Å². The highest BCUT2D eigenvalue weighted by molar-refractivity contribution is 7.16. The van der Waals surface area contributed by atoms with Gasteiger partial charge in [0.1, 0.15) is 15.7 Å². The molecule has 10 heteroatoms. The van der Waals surface area contributed by atoms with Gasteiger partial charge in [-0.3, -0.25) is 9.88 Å². The number of ether oxygens (including phenoxy) is 2. The Morgan fingerprint density at radius 3 is 2.67 bits per heavy atom. The molecular formula is C30H27ClFN3O4S. The van der Waals surface area contributed by atoms with E-state index in [2.05, 4.69) is 20.9 Å². The number of fused-ring (bicyclic) bond motifs is 1. The summed E-state index contributed by atoms with van der Waals surface area (Å²) in [4.78, 5) is 22.7. The molecule has 0 unspecified atom stereocenters. The van der Waals surface area contributed by atoms with Gasteiger partial charge in [-0.15, -0.1) is 11.3 Å². The molecule has 0 saturated carbocycles. The van der Waals surface area contributed by atoms with E-state index < -0.39 is 17.6 Å². The van der Waals surface area contributed by atoms with Gasteiger partial charge in [0, 0.05) is 35.8 Å². The van der Waals surface area contributed by atoms with Gasteiger partial charge >= 0.3 is 5.97 Å². The topological polar surface area (TPSA) is 84.8 Å². The normalized spacial score (nSPS) is 19.2. The zero-order valence-electron chi connectivity index (χ0n) is 22.0. The summed E-state index contributed by atoms with van der Waals surface area (Å²) in [5, 5.41) is 10.1. The van der Waals surface area contributed by atoms with E-state index in [9.17, 15) is 14.3 Å². The minimum Gasteiger partial charge on any atom is -0.477 e. The maximum atomic E-state index is 14.7. The lowest BCUT2D eigenvalue weighted by atomic mass is 9.88. The fourth-order valence-corrected chi connectivity index (χ4v) is 6.34. The van der Waals surface area contributed by atoms with Gasteiger partial charge in [-0.25, -0.2) is 14.2 Å². The molecule has 40 heavy (non-hydrogen) atoms. The van der Waals surface area contributed by atoms with Crippen molar-refractivity contribution in [2.45, 2.75) is 44.9 Å². The van der Waals surface area contributed by atoms with Crippen LogP contribution in [-0.4, -0.2) is 39.0 Å². The second-order valence-corrected chi connectivity index (χ2v) is 11.8. The molecule has 6 rings (SSSR count). The minimum absolute atomic E-state index is 0.211. The van der Waals surface area contributed by atoms with Crippen molar-refractivity contribution in [3.63, 3.8) is 0 Å². The molecule has 0 radical (unpaired) electrons. The molecule has 4 heterocycles. The van der Waals surface area contributed by atoms with E-state index in [0.717, 1.165) is 66.2 Å². The molecule has 1 atom stereocenters. The summed E-state index contributed by atoms with van der Waals surface area (Å²) in [6, 6.07) is 12.4. The van der Waals surface area contributed by atoms with Crippen LogP contribution < -0.4 is 9.47 Å². The van der Waals surface area contributed by atoms with Crippen molar-refractivity contribution in [2.24, 2.45) is 0 Å². The smallest absolute Gasteiger partial charge is 0.347 e. The zero-order chi connectivity index (χ0) is 28.0. The van der Waals surface area contributed by atoms with Crippen LogP contribution in [0.4, 0.5) is 4.39 Å². The van der Waals surface area contributed by atoms with Gasteiger partial charge in [-0.1, -0.05) is 23.7 Å². The molecule has 4 aromatic rings. The van der Waals surface area contributed by atoms with Gasteiger partial charge in [-0.05, 0) is 74.7 Å². The summed E-state index contributed by atoms with van der Waals surface area (Å²) in [7, 11) is 0. The number of halogens is 2. The third-order valence-corrected chi connectivity index (χ3v) is 8.85. The van der Waals surface area contributed by atoms with Crippen LogP contribution in [0.15, 0.2) is 54.9 Å². The maximum absolute atomic E-state index is 14.7. The molecule has 206 valence electrons.